The maximum Gasteiger partial charge on any atom is 0.234 e. The molecule has 0 aliphatic heterocycles. The first-order valence-electron chi connectivity index (χ1n) is 5.27. The van der Waals surface area contributed by atoms with Crippen molar-refractivity contribution in [1.29, 1.82) is 0 Å². The van der Waals surface area contributed by atoms with Gasteiger partial charge in [-0.25, -0.2) is 0 Å². The Morgan fingerprint density at radius 3 is 2.64 bits per heavy atom. The Bertz CT molecular complexity index is 191. The van der Waals surface area contributed by atoms with Crippen molar-refractivity contribution in [2.75, 3.05) is 13.1 Å². The summed E-state index contributed by atoms with van der Waals surface area (Å²) in [6.45, 7) is 4.58. The molecule has 0 radical (unpaired) electrons. The lowest BCUT2D eigenvalue weighted by molar-refractivity contribution is -0.120. The van der Waals surface area contributed by atoms with Gasteiger partial charge in [0.2, 0.25) is 5.91 Å². The molecule has 3 N–H and O–H groups in total. The highest BCUT2D eigenvalue weighted by atomic mass is 16.3. The second-order valence-corrected chi connectivity index (χ2v) is 4.27. The molecule has 0 aromatic carbocycles. The summed E-state index contributed by atoms with van der Waals surface area (Å²) in [5, 5.41) is 15.2. The van der Waals surface area contributed by atoms with E-state index in [1.165, 1.54) is 12.8 Å². The average molecular weight is 200 g/mol. The van der Waals surface area contributed by atoms with Gasteiger partial charge in [0.1, 0.15) is 0 Å². The molecule has 1 aliphatic rings. The first kappa shape index (κ1) is 11.5. The van der Waals surface area contributed by atoms with Crippen LogP contribution in [0.3, 0.4) is 0 Å². The summed E-state index contributed by atoms with van der Waals surface area (Å²) in [6, 6.07) is 0.552. The van der Waals surface area contributed by atoms with Crippen LogP contribution >= 0.6 is 0 Å². The first-order chi connectivity index (χ1) is 6.59. The van der Waals surface area contributed by atoms with Gasteiger partial charge in [-0.3, -0.25) is 4.79 Å². The molecular formula is C10H20N2O2. The van der Waals surface area contributed by atoms with Crippen molar-refractivity contribution >= 4 is 5.91 Å². The van der Waals surface area contributed by atoms with E-state index in [-0.39, 0.29) is 11.8 Å². The summed E-state index contributed by atoms with van der Waals surface area (Å²) >= 11 is 0. The molecule has 1 atom stereocenters. The van der Waals surface area contributed by atoms with Gasteiger partial charge in [-0.05, 0) is 18.8 Å². The Labute approximate surface area is 85.1 Å². The third kappa shape index (κ3) is 4.58. The maximum absolute atomic E-state index is 11.2. The van der Waals surface area contributed by atoms with E-state index in [1.807, 2.05) is 13.8 Å². The van der Waals surface area contributed by atoms with Crippen molar-refractivity contribution in [3.63, 3.8) is 0 Å². The summed E-state index contributed by atoms with van der Waals surface area (Å²) in [7, 11) is 0. The number of nitrogens with one attached hydrogen (secondary N) is 2. The van der Waals surface area contributed by atoms with Crippen molar-refractivity contribution < 1.29 is 9.90 Å². The highest BCUT2D eigenvalue weighted by Gasteiger charge is 2.21. The molecule has 0 heterocycles. The fraction of sp³-hybridized carbons (Fsp3) is 0.900. The number of hydrogen-bond donors (Lipinski definition) is 3. The van der Waals surface area contributed by atoms with Crippen LogP contribution in [0.25, 0.3) is 0 Å². The molecule has 4 nitrogen and oxygen atoms in total. The molecule has 1 unspecified atom stereocenters. The molecule has 1 amide bonds. The van der Waals surface area contributed by atoms with Crippen molar-refractivity contribution in [3.8, 4) is 0 Å². The minimum atomic E-state index is -0.445. The summed E-state index contributed by atoms with van der Waals surface area (Å²) in [5.74, 6) is 0.156. The molecule has 0 spiro atoms. The second kappa shape index (κ2) is 5.32. The largest absolute Gasteiger partial charge is 0.391 e. The van der Waals surface area contributed by atoms with Gasteiger partial charge in [0.05, 0.1) is 12.6 Å². The van der Waals surface area contributed by atoms with Gasteiger partial charge >= 0.3 is 0 Å². The van der Waals surface area contributed by atoms with Crippen molar-refractivity contribution in [2.24, 2.45) is 5.92 Å². The maximum atomic E-state index is 11.2. The van der Waals surface area contributed by atoms with Gasteiger partial charge in [0, 0.05) is 12.6 Å². The van der Waals surface area contributed by atoms with Gasteiger partial charge in [-0.1, -0.05) is 13.8 Å². The lowest BCUT2D eigenvalue weighted by Gasteiger charge is -2.15. The van der Waals surface area contributed by atoms with E-state index in [1.54, 1.807) is 0 Å². The molecule has 0 saturated heterocycles. The standard InChI is InChI=1S/C10H20N2O2/c1-7(2)9(13)5-12-10(14)6-11-8-3-4-8/h7-9,11,13H,3-6H2,1-2H3,(H,12,14). The number of rotatable bonds is 6. The van der Waals surface area contributed by atoms with E-state index in [0.717, 1.165) is 0 Å². The third-order valence-corrected chi connectivity index (χ3v) is 2.41. The zero-order valence-corrected chi connectivity index (χ0v) is 8.92. The second-order valence-electron chi connectivity index (χ2n) is 4.27. The Kier molecular flexibility index (Phi) is 4.35. The van der Waals surface area contributed by atoms with Crippen LogP contribution in [0, 0.1) is 5.92 Å². The first-order valence-corrected chi connectivity index (χ1v) is 5.27. The molecule has 0 aromatic heterocycles. The highest BCUT2D eigenvalue weighted by molar-refractivity contribution is 5.78. The monoisotopic (exact) mass is 200 g/mol. The van der Waals surface area contributed by atoms with Crippen molar-refractivity contribution in [2.45, 2.75) is 38.8 Å². The predicted octanol–water partition coefficient (Wildman–Crippen LogP) is -0.128. The van der Waals surface area contributed by atoms with Crippen LogP contribution < -0.4 is 10.6 Å². The Balaban J connectivity index is 2.01. The van der Waals surface area contributed by atoms with Gasteiger partial charge in [-0.15, -0.1) is 0 Å². The lowest BCUT2D eigenvalue weighted by atomic mass is 10.1. The molecule has 1 aliphatic carbocycles. The molecule has 1 rings (SSSR count). The average Bonchev–Trinajstić information content (AvgIpc) is 2.94. The number of aliphatic hydroxyl groups is 1. The summed E-state index contributed by atoms with van der Waals surface area (Å²) in [5.41, 5.74) is 0. The molecular weight excluding hydrogens is 180 g/mol. The molecule has 1 fully saturated rings. The number of aliphatic hydroxyl groups excluding tert-OH is 1. The van der Waals surface area contributed by atoms with E-state index in [0.29, 0.717) is 19.1 Å². The van der Waals surface area contributed by atoms with Gasteiger partial charge in [0.15, 0.2) is 0 Å². The predicted molar refractivity (Wildman–Crippen MR) is 54.9 cm³/mol. The quantitative estimate of drug-likeness (QED) is 0.560. The van der Waals surface area contributed by atoms with E-state index in [9.17, 15) is 9.90 Å². The number of carbonyl (C=O) groups is 1. The summed E-state index contributed by atoms with van der Waals surface area (Å²) in [4.78, 5) is 11.2. The van der Waals surface area contributed by atoms with Crippen LogP contribution in [0.15, 0.2) is 0 Å². The molecule has 4 heteroatoms. The smallest absolute Gasteiger partial charge is 0.234 e. The van der Waals surface area contributed by atoms with E-state index >= 15 is 0 Å². The Hall–Kier alpha value is -0.610. The topological polar surface area (TPSA) is 61.4 Å². The van der Waals surface area contributed by atoms with E-state index < -0.39 is 6.10 Å². The Morgan fingerprint density at radius 2 is 2.14 bits per heavy atom. The van der Waals surface area contributed by atoms with E-state index in [4.69, 9.17) is 0 Å². The minimum absolute atomic E-state index is 0.0309. The SMILES string of the molecule is CC(C)C(O)CNC(=O)CNC1CC1. The number of hydrogen-bond acceptors (Lipinski definition) is 3. The fourth-order valence-corrected chi connectivity index (χ4v) is 1.04. The highest BCUT2D eigenvalue weighted by Crippen LogP contribution is 2.17. The molecule has 1 saturated carbocycles. The zero-order valence-electron chi connectivity index (χ0n) is 8.92. The lowest BCUT2D eigenvalue weighted by Crippen LogP contribution is -2.40. The Morgan fingerprint density at radius 1 is 1.50 bits per heavy atom. The van der Waals surface area contributed by atoms with Gasteiger partial charge in [0.25, 0.3) is 0 Å². The summed E-state index contributed by atoms with van der Waals surface area (Å²) in [6.07, 6.45) is 1.92. The fourth-order valence-electron chi connectivity index (χ4n) is 1.04. The number of amides is 1. The third-order valence-electron chi connectivity index (χ3n) is 2.41. The van der Waals surface area contributed by atoms with Crippen LogP contribution in [0.5, 0.6) is 0 Å². The normalized spacial score (nSPS) is 18.3. The van der Waals surface area contributed by atoms with Gasteiger partial charge in [-0.2, -0.15) is 0 Å². The van der Waals surface area contributed by atoms with Crippen LogP contribution in [-0.4, -0.2) is 36.2 Å². The zero-order chi connectivity index (χ0) is 10.6. The minimum Gasteiger partial charge on any atom is -0.391 e. The summed E-state index contributed by atoms with van der Waals surface area (Å²) < 4.78 is 0. The molecule has 14 heavy (non-hydrogen) atoms. The van der Waals surface area contributed by atoms with Crippen LogP contribution in [0.1, 0.15) is 26.7 Å². The molecule has 0 bridgehead atoms. The van der Waals surface area contributed by atoms with Crippen molar-refractivity contribution in [3.05, 3.63) is 0 Å². The van der Waals surface area contributed by atoms with Crippen molar-refractivity contribution in [1.82, 2.24) is 10.6 Å². The van der Waals surface area contributed by atoms with Gasteiger partial charge < -0.3 is 15.7 Å². The number of carbonyl (C=O) groups excluding carboxylic acids is 1. The van der Waals surface area contributed by atoms with Crippen LogP contribution in [0.4, 0.5) is 0 Å². The molecule has 82 valence electrons. The van der Waals surface area contributed by atoms with Crippen LogP contribution in [-0.2, 0) is 4.79 Å². The molecule has 0 aromatic rings. The van der Waals surface area contributed by atoms with Crippen LogP contribution in [0.2, 0.25) is 0 Å². The van der Waals surface area contributed by atoms with E-state index in [2.05, 4.69) is 10.6 Å².